The highest BCUT2D eigenvalue weighted by atomic mass is 28.4. The van der Waals surface area contributed by atoms with Crippen LogP contribution in [0.4, 0.5) is 11.4 Å². The van der Waals surface area contributed by atoms with E-state index in [1.165, 1.54) is 38.2 Å². The number of nitrogens with zero attached hydrogens (tertiary/aromatic N) is 2. The number of rotatable bonds is 19. The highest BCUT2D eigenvalue weighted by molar-refractivity contribution is 6.66. The summed E-state index contributed by atoms with van der Waals surface area (Å²) in [5, 5.41) is 11.7. The molecule has 1 unspecified atom stereocenters. The molecule has 0 N–H and O–H groups in total. The molecule has 1 rings (SSSR count). The van der Waals surface area contributed by atoms with Gasteiger partial charge in [0.05, 0.1) is 4.92 Å². The van der Waals surface area contributed by atoms with Gasteiger partial charge in [0.15, 0.2) is 0 Å². The highest BCUT2D eigenvalue weighted by Gasteiger charge is 2.52. The van der Waals surface area contributed by atoms with Gasteiger partial charge >= 0.3 is 8.80 Å². The lowest BCUT2D eigenvalue weighted by molar-refractivity contribution is -0.384. The number of anilines is 1. The van der Waals surface area contributed by atoms with Crippen LogP contribution < -0.4 is 4.90 Å². The van der Waals surface area contributed by atoms with Crippen molar-refractivity contribution in [2.45, 2.75) is 91.5 Å². The average Bonchev–Trinajstić information content (AvgIpc) is 2.82. The number of carbonyl (C=O) groups excluding carboxylic acids is 1. The molecule has 1 atom stereocenters. The molecular formula is C25H44N2O6Si. The van der Waals surface area contributed by atoms with Crippen molar-refractivity contribution in [2.24, 2.45) is 0 Å². The van der Waals surface area contributed by atoms with Crippen molar-refractivity contribution in [3.63, 3.8) is 0 Å². The molecular weight excluding hydrogens is 452 g/mol. The van der Waals surface area contributed by atoms with Crippen LogP contribution in [0.15, 0.2) is 24.3 Å². The first-order chi connectivity index (χ1) is 16.4. The lowest BCUT2D eigenvalue weighted by Gasteiger charge is -2.35. The van der Waals surface area contributed by atoms with Gasteiger partial charge in [-0.25, -0.2) is 0 Å². The second-order valence-electron chi connectivity index (χ2n) is 8.33. The molecule has 0 aromatic heterocycles. The van der Waals surface area contributed by atoms with Crippen LogP contribution in [0.3, 0.4) is 0 Å². The smallest absolute Gasteiger partial charge is 0.373 e. The second kappa shape index (κ2) is 16.8. The maximum absolute atomic E-state index is 13.8. The number of nitro groups is 1. The van der Waals surface area contributed by atoms with E-state index >= 15 is 0 Å². The van der Waals surface area contributed by atoms with Crippen LogP contribution in [0.5, 0.6) is 0 Å². The predicted molar refractivity (Wildman–Crippen MR) is 138 cm³/mol. The standard InChI is InChI=1S/C25H44N2O6Si/c1-6-10-11-12-13-14-15-18-21-26(23-19-16-17-20-24(23)27(29)30)25(28)22(5)34(31-7-2,32-8-3)33-9-4/h16-17,19-20,22H,6-15,18,21H2,1-5H3. The Kier molecular flexibility index (Phi) is 14.9. The zero-order chi connectivity index (χ0) is 25.4. The number of unbranched alkanes of at least 4 members (excludes halogenated alkanes) is 7. The molecule has 0 aliphatic carbocycles. The molecule has 0 fully saturated rings. The molecule has 0 saturated heterocycles. The Morgan fingerprint density at radius 1 is 0.912 bits per heavy atom. The average molecular weight is 497 g/mol. The van der Waals surface area contributed by atoms with Gasteiger partial charge in [-0.05, 0) is 40.2 Å². The fraction of sp³-hybridized carbons (Fsp3) is 0.720. The van der Waals surface area contributed by atoms with Gasteiger partial charge in [0, 0.05) is 32.4 Å². The maximum atomic E-state index is 13.8. The molecule has 34 heavy (non-hydrogen) atoms. The minimum atomic E-state index is -3.34. The summed E-state index contributed by atoms with van der Waals surface area (Å²) in [4.78, 5) is 26.7. The second-order valence-corrected chi connectivity index (χ2v) is 11.3. The first-order valence-electron chi connectivity index (χ1n) is 12.8. The summed E-state index contributed by atoms with van der Waals surface area (Å²) >= 11 is 0. The molecule has 1 aromatic rings. The molecule has 194 valence electrons. The van der Waals surface area contributed by atoms with Crippen LogP contribution in [-0.4, -0.2) is 46.0 Å². The summed E-state index contributed by atoms with van der Waals surface area (Å²) in [5.41, 5.74) is -0.472. The Hall–Kier alpha value is -1.81. The molecule has 0 spiro atoms. The van der Waals surface area contributed by atoms with Gasteiger partial charge in [0.2, 0.25) is 5.91 Å². The van der Waals surface area contributed by atoms with Crippen LogP contribution in [0.25, 0.3) is 0 Å². The first-order valence-corrected chi connectivity index (χ1v) is 14.6. The summed E-state index contributed by atoms with van der Waals surface area (Å²) in [6.07, 6.45) is 8.97. The van der Waals surface area contributed by atoms with Crippen molar-refractivity contribution in [1.29, 1.82) is 0 Å². The highest BCUT2D eigenvalue weighted by Crippen LogP contribution is 2.34. The minimum Gasteiger partial charge on any atom is -0.373 e. The Bertz CT molecular complexity index is 716. The fourth-order valence-corrected chi connectivity index (χ4v) is 6.75. The normalized spacial score (nSPS) is 12.5. The van der Waals surface area contributed by atoms with Gasteiger partial charge in [-0.1, -0.05) is 64.0 Å². The summed E-state index contributed by atoms with van der Waals surface area (Å²) in [6, 6.07) is 6.41. The first kappa shape index (κ1) is 30.2. The van der Waals surface area contributed by atoms with E-state index in [1.54, 1.807) is 30.0 Å². The van der Waals surface area contributed by atoms with E-state index in [9.17, 15) is 14.9 Å². The Labute approximate surface area is 206 Å². The van der Waals surface area contributed by atoms with Crippen molar-refractivity contribution < 1.29 is 23.0 Å². The Balaban J connectivity index is 3.11. The van der Waals surface area contributed by atoms with Gasteiger partial charge < -0.3 is 18.2 Å². The van der Waals surface area contributed by atoms with E-state index in [2.05, 4.69) is 6.92 Å². The summed E-state index contributed by atoms with van der Waals surface area (Å²) in [7, 11) is -3.34. The van der Waals surface area contributed by atoms with Crippen molar-refractivity contribution in [3.8, 4) is 0 Å². The van der Waals surface area contributed by atoms with E-state index in [0.717, 1.165) is 19.3 Å². The van der Waals surface area contributed by atoms with Gasteiger partial charge in [-0.15, -0.1) is 0 Å². The molecule has 0 saturated carbocycles. The largest absolute Gasteiger partial charge is 0.513 e. The van der Waals surface area contributed by atoms with Crippen LogP contribution in [0, 0.1) is 10.1 Å². The lowest BCUT2D eigenvalue weighted by Crippen LogP contribution is -2.55. The topological polar surface area (TPSA) is 91.1 Å². The third kappa shape index (κ3) is 9.09. The summed E-state index contributed by atoms with van der Waals surface area (Å²) in [6.45, 7) is 11.0. The number of hydrogen-bond acceptors (Lipinski definition) is 6. The molecule has 1 aromatic carbocycles. The number of amides is 1. The zero-order valence-corrected chi connectivity index (χ0v) is 22.7. The van der Waals surface area contributed by atoms with Crippen LogP contribution in [0.1, 0.15) is 86.0 Å². The number of para-hydroxylation sites is 2. The molecule has 8 nitrogen and oxygen atoms in total. The number of carbonyl (C=O) groups is 1. The van der Waals surface area contributed by atoms with E-state index in [1.807, 2.05) is 20.8 Å². The van der Waals surface area contributed by atoms with Crippen molar-refractivity contribution in [3.05, 3.63) is 34.4 Å². The van der Waals surface area contributed by atoms with Gasteiger partial charge in [-0.3, -0.25) is 14.9 Å². The Morgan fingerprint density at radius 3 is 1.91 bits per heavy atom. The molecule has 9 heteroatoms. The van der Waals surface area contributed by atoms with Gasteiger partial charge in [0.1, 0.15) is 11.2 Å². The molecule has 1 amide bonds. The lowest BCUT2D eigenvalue weighted by atomic mass is 10.1. The van der Waals surface area contributed by atoms with E-state index in [4.69, 9.17) is 13.3 Å². The van der Waals surface area contributed by atoms with E-state index in [-0.39, 0.29) is 11.6 Å². The Morgan fingerprint density at radius 2 is 1.41 bits per heavy atom. The SMILES string of the molecule is CCCCCCCCCCN(C(=O)C(C)[Si](OCC)(OCC)OCC)c1ccccc1[N+](=O)[O-]. The number of hydrogen-bond donors (Lipinski definition) is 0. The van der Waals surface area contributed by atoms with Crippen molar-refractivity contribution in [1.82, 2.24) is 0 Å². The zero-order valence-electron chi connectivity index (χ0n) is 21.7. The third-order valence-electron chi connectivity index (χ3n) is 5.81. The fourth-order valence-electron chi connectivity index (χ4n) is 4.09. The van der Waals surface area contributed by atoms with Crippen LogP contribution in [0.2, 0.25) is 5.54 Å². The quantitative estimate of drug-likeness (QED) is 0.0938. The van der Waals surface area contributed by atoms with Crippen LogP contribution >= 0.6 is 0 Å². The van der Waals surface area contributed by atoms with E-state index in [0.29, 0.717) is 32.1 Å². The molecule has 0 aliphatic heterocycles. The van der Waals surface area contributed by atoms with Crippen LogP contribution in [-0.2, 0) is 18.1 Å². The molecule has 0 aliphatic rings. The monoisotopic (exact) mass is 496 g/mol. The van der Waals surface area contributed by atoms with Gasteiger partial charge in [0.25, 0.3) is 5.69 Å². The summed E-state index contributed by atoms with van der Waals surface area (Å²) in [5.74, 6) is -0.265. The minimum absolute atomic E-state index is 0.0842. The third-order valence-corrected chi connectivity index (χ3v) is 9.19. The summed E-state index contributed by atoms with van der Waals surface area (Å²) < 4.78 is 17.9. The van der Waals surface area contributed by atoms with E-state index < -0.39 is 19.3 Å². The number of benzene rings is 1. The van der Waals surface area contributed by atoms with Crippen molar-refractivity contribution >= 4 is 26.1 Å². The molecule has 0 bridgehead atoms. The molecule has 0 heterocycles. The van der Waals surface area contributed by atoms with Gasteiger partial charge in [-0.2, -0.15) is 0 Å². The number of nitro benzene ring substituents is 1. The van der Waals surface area contributed by atoms with Crippen molar-refractivity contribution in [2.75, 3.05) is 31.3 Å². The molecule has 0 radical (unpaired) electrons. The maximum Gasteiger partial charge on any atom is 0.513 e. The predicted octanol–water partition coefficient (Wildman–Crippen LogP) is 6.51.